The zero-order valence-corrected chi connectivity index (χ0v) is 10.00. The lowest BCUT2D eigenvalue weighted by atomic mass is 10.0. The van der Waals surface area contributed by atoms with Crippen LogP contribution in [0.3, 0.4) is 0 Å². The molecular weight excluding hydrogens is 186 g/mol. The third-order valence-electron chi connectivity index (χ3n) is 3.09. The number of hydrogen-bond donors (Lipinski definition) is 1. The summed E-state index contributed by atoms with van der Waals surface area (Å²) in [6.07, 6.45) is 3.96. The van der Waals surface area contributed by atoms with Crippen molar-refractivity contribution in [3.05, 3.63) is 0 Å². The molecule has 0 aromatic carbocycles. The van der Waals surface area contributed by atoms with Crippen molar-refractivity contribution in [2.45, 2.75) is 39.2 Å². The van der Waals surface area contributed by atoms with Crippen LogP contribution in [-0.4, -0.2) is 37.1 Å². The number of hydrogen-bond acceptors (Lipinski definition) is 3. The van der Waals surface area contributed by atoms with Gasteiger partial charge in [-0.1, -0.05) is 13.3 Å². The van der Waals surface area contributed by atoms with Crippen molar-refractivity contribution in [2.24, 2.45) is 5.92 Å². The maximum absolute atomic E-state index is 8.79. The summed E-state index contributed by atoms with van der Waals surface area (Å²) in [5.41, 5.74) is 0. The average Bonchev–Trinajstić information content (AvgIpc) is 2.29. The van der Waals surface area contributed by atoms with E-state index in [1.54, 1.807) is 0 Å². The van der Waals surface area contributed by atoms with Gasteiger partial charge in [0.1, 0.15) is 0 Å². The predicted molar refractivity (Wildman–Crippen MR) is 62.5 cm³/mol. The largest absolute Gasteiger partial charge is 0.313 e. The van der Waals surface area contributed by atoms with E-state index in [0.29, 0.717) is 6.04 Å². The maximum atomic E-state index is 8.79. The number of piperidine rings is 1. The van der Waals surface area contributed by atoms with Gasteiger partial charge in [-0.15, -0.1) is 0 Å². The highest BCUT2D eigenvalue weighted by Gasteiger charge is 2.16. The van der Waals surface area contributed by atoms with Crippen LogP contribution in [0.4, 0.5) is 0 Å². The second kappa shape index (κ2) is 6.81. The van der Waals surface area contributed by atoms with E-state index in [2.05, 4.69) is 23.2 Å². The van der Waals surface area contributed by atoms with Gasteiger partial charge in [0.2, 0.25) is 0 Å². The Morgan fingerprint density at radius 3 is 2.87 bits per heavy atom. The van der Waals surface area contributed by atoms with Gasteiger partial charge in [0.15, 0.2) is 0 Å². The molecule has 0 aromatic heterocycles. The fourth-order valence-corrected chi connectivity index (χ4v) is 2.15. The lowest BCUT2D eigenvalue weighted by molar-refractivity contribution is 0.221. The molecule has 2 atom stereocenters. The standard InChI is InChI=1S/C12H23N3/c1-3-15(9-11(2)8-13)10-12-6-4-5-7-14-12/h11-12,14H,3-7,9-10H2,1-2H3. The number of nitriles is 1. The van der Waals surface area contributed by atoms with Crippen molar-refractivity contribution >= 4 is 0 Å². The molecule has 2 unspecified atom stereocenters. The first kappa shape index (κ1) is 12.5. The van der Waals surface area contributed by atoms with Gasteiger partial charge in [-0.05, 0) is 32.9 Å². The molecule has 1 N–H and O–H groups in total. The molecule has 1 heterocycles. The normalized spacial score (nSPS) is 23.7. The fraction of sp³-hybridized carbons (Fsp3) is 0.917. The fourth-order valence-electron chi connectivity index (χ4n) is 2.15. The Balaban J connectivity index is 2.29. The molecule has 0 bridgehead atoms. The molecule has 3 heteroatoms. The maximum Gasteiger partial charge on any atom is 0.0666 e. The summed E-state index contributed by atoms with van der Waals surface area (Å²) >= 11 is 0. The van der Waals surface area contributed by atoms with Gasteiger partial charge in [0.05, 0.1) is 12.0 Å². The van der Waals surface area contributed by atoms with Gasteiger partial charge >= 0.3 is 0 Å². The third-order valence-corrected chi connectivity index (χ3v) is 3.09. The van der Waals surface area contributed by atoms with Gasteiger partial charge < -0.3 is 10.2 Å². The van der Waals surface area contributed by atoms with E-state index in [1.807, 2.05) is 6.92 Å². The number of nitrogens with one attached hydrogen (secondary N) is 1. The Morgan fingerprint density at radius 1 is 1.53 bits per heavy atom. The Morgan fingerprint density at radius 2 is 2.33 bits per heavy atom. The molecule has 1 rings (SSSR count). The van der Waals surface area contributed by atoms with Crippen LogP contribution in [0.15, 0.2) is 0 Å². The molecule has 0 aliphatic carbocycles. The van der Waals surface area contributed by atoms with Crippen molar-refractivity contribution < 1.29 is 0 Å². The summed E-state index contributed by atoms with van der Waals surface area (Å²) in [5, 5.41) is 12.3. The summed E-state index contributed by atoms with van der Waals surface area (Å²) in [5.74, 6) is 0.147. The molecule has 1 saturated heterocycles. The zero-order chi connectivity index (χ0) is 11.1. The minimum Gasteiger partial charge on any atom is -0.313 e. The Bertz CT molecular complexity index is 203. The molecule has 15 heavy (non-hydrogen) atoms. The first-order valence-corrected chi connectivity index (χ1v) is 6.11. The van der Waals surface area contributed by atoms with Crippen molar-refractivity contribution in [3.63, 3.8) is 0 Å². The SMILES string of the molecule is CCN(CC(C)C#N)CC1CCCCN1. The second-order valence-electron chi connectivity index (χ2n) is 4.53. The quantitative estimate of drug-likeness (QED) is 0.747. The van der Waals surface area contributed by atoms with Crippen LogP contribution in [0.2, 0.25) is 0 Å². The Kier molecular flexibility index (Phi) is 5.67. The van der Waals surface area contributed by atoms with Crippen LogP contribution in [0.1, 0.15) is 33.1 Å². The van der Waals surface area contributed by atoms with E-state index < -0.39 is 0 Å². The molecule has 1 aliphatic heterocycles. The molecule has 3 nitrogen and oxygen atoms in total. The van der Waals surface area contributed by atoms with Gasteiger partial charge in [-0.2, -0.15) is 5.26 Å². The van der Waals surface area contributed by atoms with Crippen LogP contribution in [-0.2, 0) is 0 Å². The van der Waals surface area contributed by atoms with Crippen LogP contribution in [0.25, 0.3) is 0 Å². The van der Waals surface area contributed by atoms with E-state index in [4.69, 9.17) is 5.26 Å². The zero-order valence-electron chi connectivity index (χ0n) is 10.00. The number of likely N-dealkylation sites (N-methyl/N-ethyl adjacent to an activating group) is 1. The van der Waals surface area contributed by atoms with Crippen molar-refractivity contribution in [1.29, 1.82) is 5.26 Å². The van der Waals surface area contributed by atoms with Crippen LogP contribution >= 0.6 is 0 Å². The van der Waals surface area contributed by atoms with Crippen LogP contribution < -0.4 is 5.32 Å². The smallest absolute Gasteiger partial charge is 0.0666 e. The molecule has 0 spiro atoms. The van der Waals surface area contributed by atoms with Crippen molar-refractivity contribution in [1.82, 2.24) is 10.2 Å². The number of rotatable bonds is 5. The molecule has 0 aromatic rings. The molecule has 0 radical (unpaired) electrons. The molecule has 86 valence electrons. The minimum atomic E-state index is 0.147. The number of nitrogens with zero attached hydrogens (tertiary/aromatic N) is 2. The first-order chi connectivity index (χ1) is 7.26. The summed E-state index contributed by atoms with van der Waals surface area (Å²) in [7, 11) is 0. The van der Waals surface area contributed by atoms with Gasteiger partial charge in [0.25, 0.3) is 0 Å². The monoisotopic (exact) mass is 209 g/mol. The summed E-state index contributed by atoms with van der Waals surface area (Å²) < 4.78 is 0. The van der Waals surface area contributed by atoms with Crippen LogP contribution in [0.5, 0.6) is 0 Å². The minimum absolute atomic E-state index is 0.147. The van der Waals surface area contributed by atoms with E-state index in [9.17, 15) is 0 Å². The van der Waals surface area contributed by atoms with Crippen molar-refractivity contribution in [2.75, 3.05) is 26.2 Å². The highest BCUT2D eigenvalue weighted by atomic mass is 15.1. The van der Waals surface area contributed by atoms with E-state index >= 15 is 0 Å². The van der Waals surface area contributed by atoms with Gasteiger partial charge in [-0.25, -0.2) is 0 Å². The molecule has 1 aliphatic rings. The van der Waals surface area contributed by atoms with Gasteiger partial charge in [0, 0.05) is 19.1 Å². The van der Waals surface area contributed by atoms with Crippen LogP contribution in [0, 0.1) is 17.2 Å². The lowest BCUT2D eigenvalue weighted by Gasteiger charge is -2.30. The molecule has 0 saturated carbocycles. The lowest BCUT2D eigenvalue weighted by Crippen LogP contribution is -2.44. The molecular formula is C12H23N3. The van der Waals surface area contributed by atoms with E-state index in [1.165, 1.54) is 19.3 Å². The summed E-state index contributed by atoms with van der Waals surface area (Å²) in [6.45, 7) is 8.39. The topological polar surface area (TPSA) is 39.1 Å². The van der Waals surface area contributed by atoms with Crippen molar-refractivity contribution in [3.8, 4) is 6.07 Å². The molecule has 1 fully saturated rings. The molecule has 0 amide bonds. The van der Waals surface area contributed by atoms with E-state index in [0.717, 1.165) is 26.2 Å². The Labute approximate surface area is 93.5 Å². The highest BCUT2D eigenvalue weighted by Crippen LogP contribution is 2.09. The first-order valence-electron chi connectivity index (χ1n) is 6.11. The van der Waals surface area contributed by atoms with E-state index in [-0.39, 0.29) is 5.92 Å². The average molecular weight is 209 g/mol. The summed E-state index contributed by atoms with van der Waals surface area (Å²) in [4.78, 5) is 2.39. The second-order valence-corrected chi connectivity index (χ2v) is 4.53. The third kappa shape index (κ3) is 4.63. The highest BCUT2D eigenvalue weighted by molar-refractivity contribution is 4.83. The Hall–Kier alpha value is -0.590. The predicted octanol–water partition coefficient (Wildman–Crippen LogP) is 1.61. The summed E-state index contributed by atoms with van der Waals surface area (Å²) in [6, 6.07) is 2.95. The van der Waals surface area contributed by atoms with Gasteiger partial charge in [-0.3, -0.25) is 0 Å².